The third kappa shape index (κ3) is 1.38. The van der Waals surface area contributed by atoms with E-state index in [0.717, 1.165) is 0 Å². The molecule has 0 unspecified atom stereocenters. The molecule has 0 amide bonds. The fourth-order valence-corrected chi connectivity index (χ4v) is 1.53. The average molecular weight is 162 g/mol. The maximum absolute atomic E-state index is 11.0. The lowest BCUT2D eigenvalue weighted by atomic mass is 10.5. The molecule has 58 valence electrons. The van der Waals surface area contributed by atoms with Crippen LogP contribution in [0.25, 0.3) is 0 Å². The smallest absolute Gasteiger partial charge is 0.176 e. The van der Waals surface area contributed by atoms with Gasteiger partial charge in [-0.05, 0) is 0 Å². The van der Waals surface area contributed by atoms with Gasteiger partial charge >= 0.3 is 0 Å². The fraction of sp³-hybridized carbons (Fsp3) is 0.667. The minimum atomic E-state index is -3.05. The van der Waals surface area contributed by atoms with E-state index in [9.17, 15) is 8.42 Å². The Kier molecular flexibility index (Phi) is 1.83. The predicted molar refractivity (Wildman–Crippen MR) is 38.3 cm³/mol. The van der Waals surface area contributed by atoms with Gasteiger partial charge in [0.15, 0.2) is 9.84 Å². The number of hydrogen-bond donors (Lipinski definition) is 0. The van der Waals surface area contributed by atoms with E-state index in [-0.39, 0.29) is 16.8 Å². The summed E-state index contributed by atoms with van der Waals surface area (Å²) in [5, 5.41) is 0. The summed E-state index contributed by atoms with van der Waals surface area (Å²) < 4.78 is 26.8. The van der Waals surface area contributed by atoms with Gasteiger partial charge in [0.1, 0.15) is 6.10 Å². The quantitative estimate of drug-likeness (QED) is 0.562. The van der Waals surface area contributed by atoms with E-state index in [4.69, 9.17) is 4.74 Å². The lowest BCUT2D eigenvalue weighted by Crippen LogP contribution is -2.09. The van der Waals surface area contributed by atoms with Crippen molar-refractivity contribution in [1.82, 2.24) is 0 Å². The van der Waals surface area contributed by atoms with Crippen molar-refractivity contribution in [1.29, 1.82) is 0 Å². The summed E-state index contributed by atoms with van der Waals surface area (Å²) >= 11 is 0. The zero-order valence-corrected chi connectivity index (χ0v) is 6.65. The summed E-state index contributed by atoms with van der Waals surface area (Å²) in [5.41, 5.74) is 0. The molecule has 1 rings (SSSR count). The van der Waals surface area contributed by atoms with Crippen LogP contribution in [-0.4, -0.2) is 26.9 Å². The van der Waals surface area contributed by atoms with Crippen LogP contribution >= 0.6 is 0 Å². The lowest BCUT2D eigenvalue weighted by Gasteiger charge is -1.98. The van der Waals surface area contributed by atoms with E-state index >= 15 is 0 Å². The van der Waals surface area contributed by atoms with E-state index in [2.05, 4.69) is 6.58 Å². The number of sulfone groups is 1. The molecule has 1 aliphatic rings. The molecule has 0 aromatic heterocycles. The highest BCUT2D eigenvalue weighted by molar-refractivity contribution is 7.95. The Morgan fingerprint density at radius 2 is 2.30 bits per heavy atom. The third-order valence-corrected chi connectivity index (χ3v) is 3.29. The molecule has 0 N–H and O–H groups in total. The molecule has 1 fully saturated rings. The van der Waals surface area contributed by atoms with Gasteiger partial charge in [-0.3, -0.25) is 0 Å². The van der Waals surface area contributed by atoms with Crippen LogP contribution < -0.4 is 0 Å². The molecule has 0 saturated carbocycles. The standard InChI is InChI=1S/C6H10O3S/c1-3-10(7,8)5(2)6-4-9-6/h6H,2-4H2,1H3/t6-/m1/s1. The molecule has 1 heterocycles. The summed E-state index contributed by atoms with van der Waals surface area (Å²) in [6.45, 7) is 5.56. The molecule has 0 aliphatic carbocycles. The Hall–Kier alpha value is -0.350. The monoisotopic (exact) mass is 162 g/mol. The van der Waals surface area contributed by atoms with Crippen LogP contribution in [0.3, 0.4) is 0 Å². The summed E-state index contributed by atoms with van der Waals surface area (Å²) in [7, 11) is -3.05. The van der Waals surface area contributed by atoms with Crippen molar-refractivity contribution in [2.75, 3.05) is 12.4 Å². The molecule has 4 heteroatoms. The van der Waals surface area contributed by atoms with Crippen molar-refractivity contribution in [2.24, 2.45) is 0 Å². The summed E-state index contributed by atoms with van der Waals surface area (Å²) in [6, 6.07) is 0. The molecule has 1 saturated heterocycles. The first-order chi connectivity index (χ1) is 4.58. The van der Waals surface area contributed by atoms with Crippen molar-refractivity contribution >= 4 is 9.84 Å². The second-order valence-electron chi connectivity index (χ2n) is 2.19. The first-order valence-electron chi connectivity index (χ1n) is 3.11. The highest BCUT2D eigenvalue weighted by Crippen LogP contribution is 2.22. The number of ether oxygens (including phenoxy) is 1. The topological polar surface area (TPSA) is 46.7 Å². The highest BCUT2D eigenvalue weighted by atomic mass is 32.2. The lowest BCUT2D eigenvalue weighted by molar-refractivity contribution is 0.436. The molecule has 3 nitrogen and oxygen atoms in total. The Bertz CT molecular complexity index is 236. The van der Waals surface area contributed by atoms with Crippen LogP contribution in [0.4, 0.5) is 0 Å². The van der Waals surface area contributed by atoms with E-state index < -0.39 is 9.84 Å². The molecule has 0 aromatic rings. The molecular weight excluding hydrogens is 152 g/mol. The van der Waals surface area contributed by atoms with Gasteiger partial charge in [-0.2, -0.15) is 0 Å². The first-order valence-corrected chi connectivity index (χ1v) is 4.76. The summed E-state index contributed by atoms with van der Waals surface area (Å²) in [4.78, 5) is 0.231. The fourth-order valence-electron chi connectivity index (χ4n) is 0.620. The Labute approximate surface area is 60.6 Å². The normalized spacial score (nSPS) is 24.3. The van der Waals surface area contributed by atoms with Gasteiger partial charge in [-0.1, -0.05) is 13.5 Å². The molecular formula is C6H10O3S. The van der Waals surface area contributed by atoms with Gasteiger partial charge in [-0.25, -0.2) is 8.42 Å². The van der Waals surface area contributed by atoms with Crippen LogP contribution in [0.1, 0.15) is 6.92 Å². The molecule has 0 radical (unpaired) electrons. The van der Waals surface area contributed by atoms with Crippen molar-refractivity contribution < 1.29 is 13.2 Å². The van der Waals surface area contributed by atoms with Crippen LogP contribution in [0, 0.1) is 0 Å². The van der Waals surface area contributed by atoms with Gasteiger partial charge < -0.3 is 4.74 Å². The minimum Gasteiger partial charge on any atom is -0.367 e. The molecule has 0 spiro atoms. The maximum atomic E-state index is 11.0. The van der Waals surface area contributed by atoms with Gasteiger partial charge in [0.05, 0.1) is 17.3 Å². The zero-order chi connectivity index (χ0) is 7.78. The van der Waals surface area contributed by atoms with E-state index in [0.29, 0.717) is 6.61 Å². The van der Waals surface area contributed by atoms with Crippen LogP contribution in [0.2, 0.25) is 0 Å². The number of epoxide rings is 1. The van der Waals surface area contributed by atoms with E-state index in [1.54, 1.807) is 6.92 Å². The summed E-state index contributed by atoms with van der Waals surface area (Å²) in [6.07, 6.45) is -0.218. The van der Waals surface area contributed by atoms with Crippen molar-refractivity contribution in [2.45, 2.75) is 13.0 Å². The highest BCUT2D eigenvalue weighted by Gasteiger charge is 2.32. The zero-order valence-electron chi connectivity index (χ0n) is 5.83. The molecule has 0 aromatic carbocycles. The number of rotatable bonds is 3. The molecule has 1 atom stereocenters. The van der Waals surface area contributed by atoms with Gasteiger partial charge in [0.25, 0.3) is 0 Å². The van der Waals surface area contributed by atoms with Crippen molar-refractivity contribution in [3.63, 3.8) is 0 Å². The Morgan fingerprint density at radius 1 is 1.80 bits per heavy atom. The summed E-state index contributed by atoms with van der Waals surface area (Å²) in [5.74, 6) is 0.117. The Morgan fingerprint density at radius 3 is 2.60 bits per heavy atom. The second kappa shape index (κ2) is 2.36. The van der Waals surface area contributed by atoms with Gasteiger partial charge in [0, 0.05) is 0 Å². The van der Waals surface area contributed by atoms with Crippen molar-refractivity contribution in [3.8, 4) is 0 Å². The number of hydrogen-bond acceptors (Lipinski definition) is 3. The van der Waals surface area contributed by atoms with E-state index in [1.807, 2.05) is 0 Å². The second-order valence-corrected chi connectivity index (χ2v) is 4.52. The SMILES string of the molecule is C=C([C@H]1CO1)S(=O)(=O)CC. The largest absolute Gasteiger partial charge is 0.367 e. The van der Waals surface area contributed by atoms with Crippen molar-refractivity contribution in [3.05, 3.63) is 11.5 Å². The molecule has 10 heavy (non-hydrogen) atoms. The van der Waals surface area contributed by atoms with Crippen LogP contribution in [-0.2, 0) is 14.6 Å². The van der Waals surface area contributed by atoms with Crippen LogP contribution in [0.5, 0.6) is 0 Å². The predicted octanol–water partition coefficient (Wildman–Crippen LogP) is 0.334. The Balaban J connectivity index is 2.72. The first kappa shape index (κ1) is 7.75. The van der Waals surface area contributed by atoms with Gasteiger partial charge in [-0.15, -0.1) is 0 Å². The maximum Gasteiger partial charge on any atom is 0.176 e. The van der Waals surface area contributed by atoms with Crippen LogP contribution in [0.15, 0.2) is 11.5 Å². The molecule has 1 aliphatic heterocycles. The minimum absolute atomic E-state index is 0.117. The third-order valence-electron chi connectivity index (χ3n) is 1.47. The average Bonchev–Trinajstić information content (AvgIpc) is 2.68. The van der Waals surface area contributed by atoms with Gasteiger partial charge in [0.2, 0.25) is 0 Å². The van der Waals surface area contributed by atoms with E-state index in [1.165, 1.54) is 0 Å². The molecule has 0 bridgehead atoms.